The van der Waals surface area contributed by atoms with Crippen LogP contribution in [-0.4, -0.2) is 36.6 Å². The van der Waals surface area contributed by atoms with Crippen molar-refractivity contribution in [3.63, 3.8) is 0 Å². The molecule has 3 heteroatoms. The fourth-order valence-electron chi connectivity index (χ4n) is 2.11. The quantitative estimate of drug-likeness (QED) is 0.521. The van der Waals surface area contributed by atoms with Crippen LogP contribution in [0.3, 0.4) is 0 Å². The molecule has 2 atom stereocenters. The van der Waals surface area contributed by atoms with E-state index in [2.05, 4.69) is 6.58 Å². The highest BCUT2D eigenvalue weighted by Crippen LogP contribution is 2.30. The number of carbonyl (C=O) groups is 1. The monoisotopic (exact) mass is 181 g/mol. The Kier molecular flexibility index (Phi) is 2.12. The van der Waals surface area contributed by atoms with E-state index in [1.165, 1.54) is 5.57 Å². The molecule has 1 aliphatic carbocycles. The van der Waals surface area contributed by atoms with Gasteiger partial charge in [-0.1, -0.05) is 12.2 Å². The second-order valence-corrected chi connectivity index (χ2v) is 3.91. The first-order chi connectivity index (χ1) is 6.18. The number of ether oxygens (including phenoxy) is 1. The van der Waals surface area contributed by atoms with Gasteiger partial charge in [-0.2, -0.15) is 0 Å². The standard InChI is InChI=1S/C10H15NO2/c1-7-3-4-9-8(5-7)11(2)10(12)6-13-9/h8-9H,1,3-6H2,2H3. The second kappa shape index (κ2) is 3.14. The molecule has 3 nitrogen and oxygen atoms in total. The van der Waals surface area contributed by atoms with Crippen LogP contribution < -0.4 is 0 Å². The Hall–Kier alpha value is -0.830. The van der Waals surface area contributed by atoms with E-state index in [1.807, 2.05) is 11.9 Å². The fourth-order valence-corrected chi connectivity index (χ4v) is 2.11. The summed E-state index contributed by atoms with van der Waals surface area (Å²) in [4.78, 5) is 13.1. The number of rotatable bonds is 0. The molecule has 1 saturated heterocycles. The molecule has 72 valence electrons. The third-order valence-corrected chi connectivity index (χ3v) is 3.02. The van der Waals surface area contributed by atoms with Crippen molar-refractivity contribution in [2.45, 2.75) is 31.4 Å². The van der Waals surface area contributed by atoms with Gasteiger partial charge in [0.05, 0.1) is 12.1 Å². The number of likely N-dealkylation sites (N-methyl/N-ethyl adjacent to an activating group) is 1. The Morgan fingerprint density at radius 3 is 3.15 bits per heavy atom. The summed E-state index contributed by atoms with van der Waals surface area (Å²) < 4.78 is 5.48. The highest BCUT2D eigenvalue weighted by atomic mass is 16.5. The molecule has 13 heavy (non-hydrogen) atoms. The largest absolute Gasteiger partial charge is 0.366 e. The maximum Gasteiger partial charge on any atom is 0.248 e. The predicted molar refractivity (Wildman–Crippen MR) is 49.3 cm³/mol. The van der Waals surface area contributed by atoms with Gasteiger partial charge in [-0.25, -0.2) is 0 Å². The third-order valence-electron chi connectivity index (χ3n) is 3.02. The van der Waals surface area contributed by atoms with Crippen LogP contribution in [0, 0.1) is 0 Å². The first-order valence-corrected chi connectivity index (χ1v) is 4.72. The van der Waals surface area contributed by atoms with Gasteiger partial charge in [0.15, 0.2) is 0 Å². The summed E-state index contributed by atoms with van der Waals surface area (Å²) in [6, 6.07) is 0.238. The Labute approximate surface area is 78.4 Å². The Morgan fingerprint density at radius 2 is 2.38 bits per heavy atom. The zero-order chi connectivity index (χ0) is 9.42. The second-order valence-electron chi connectivity index (χ2n) is 3.91. The van der Waals surface area contributed by atoms with Crippen LogP contribution >= 0.6 is 0 Å². The average Bonchev–Trinajstić information content (AvgIpc) is 2.12. The highest BCUT2D eigenvalue weighted by molar-refractivity contribution is 5.78. The molecule has 2 rings (SSSR count). The average molecular weight is 181 g/mol. The lowest BCUT2D eigenvalue weighted by Gasteiger charge is -2.42. The van der Waals surface area contributed by atoms with Crippen LogP contribution in [0.5, 0.6) is 0 Å². The van der Waals surface area contributed by atoms with Crippen LogP contribution in [0.2, 0.25) is 0 Å². The molecule has 0 aromatic heterocycles. The minimum atomic E-state index is 0.0935. The predicted octanol–water partition coefficient (Wildman–Crippen LogP) is 0.952. The van der Waals surface area contributed by atoms with Crippen molar-refractivity contribution in [3.05, 3.63) is 12.2 Å². The number of fused-ring (bicyclic) bond motifs is 1. The molecule has 0 aromatic rings. The van der Waals surface area contributed by atoms with Gasteiger partial charge in [0.25, 0.3) is 0 Å². The van der Waals surface area contributed by atoms with E-state index in [9.17, 15) is 4.79 Å². The molecule has 0 aromatic carbocycles. The molecular weight excluding hydrogens is 166 g/mol. The van der Waals surface area contributed by atoms with E-state index in [0.717, 1.165) is 19.3 Å². The molecule has 0 bridgehead atoms. The van der Waals surface area contributed by atoms with Gasteiger partial charge in [0, 0.05) is 7.05 Å². The molecular formula is C10H15NO2. The molecule has 2 fully saturated rings. The summed E-state index contributed by atoms with van der Waals surface area (Å²) in [7, 11) is 1.86. The molecule has 0 N–H and O–H groups in total. The number of amides is 1. The van der Waals surface area contributed by atoms with Crippen molar-refractivity contribution in [2.75, 3.05) is 13.7 Å². The van der Waals surface area contributed by atoms with Crippen molar-refractivity contribution >= 4 is 5.91 Å². The fraction of sp³-hybridized carbons (Fsp3) is 0.700. The first kappa shape index (κ1) is 8.75. The van der Waals surface area contributed by atoms with Crippen LogP contribution in [0.1, 0.15) is 19.3 Å². The van der Waals surface area contributed by atoms with Crippen LogP contribution in [0.15, 0.2) is 12.2 Å². The van der Waals surface area contributed by atoms with Crippen molar-refractivity contribution in [2.24, 2.45) is 0 Å². The minimum absolute atomic E-state index is 0.0935. The number of hydrogen-bond acceptors (Lipinski definition) is 2. The van der Waals surface area contributed by atoms with E-state index in [-0.39, 0.29) is 24.7 Å². The minimum Gasteiger partial charge on any atom is -0.366 e. The summed E-state index contributed by atoms with van der Waals surface area (Å²) in [6.07, 6.45) is 3.21. The van der Waals surface area contributed by atoms with Crippen LogP contribution in [0.4, 0.5) is 0 Å². The molecule has 1 heterocycles. The zero-order valence-electron chi connectivity index (χ0n) is 7.95. The van der Waals surface area contributed by atoms with Gasteiger partial charge < -0.3 is 9.64 Å². The van der Waals surface area contributed by atoms with Crippen LogP contribution in [0.25, 0.3) is 0 Å². The van der Waals surface area contributed by atoms with Gasteiger partial charge in [-0.15, -0.1) is 0 Å². The van der Waals surface area contributed by atoms with Gasteiger partial charge in [-0.3, -0.25) is 4.79 Å². The lowest BCUT2D eigenvalue weighted by atomic mass is 9.87. The maximum absolute atomic E-state index is 11.3. The maximum atomic E-state index is 11.3. The summed E-state index contributed by atoms with van der Waals surface area (Å²) in [6.45, 7) is 4.23. The van der Waals surface area contributed by atoms with Gasteiger partial charge >= 0.3 is 0 Å². The Bertz CT molecular complexity index is 247. The SMILES string of the molecule is C=C1CCC2OCC(=O)N(C)C2C1. The van der Waals surface area contributed by atoms with E-state index >= 15 is 0 Å². The number of hydrogen-bond donors (Lipinski definition) is 0. The van der Waals surface area contributed by atoms with Crippen molar-refractivity contribution in [1.82, 2.24) is 4.90 Å². The summed E-state index contributed by atoms with van der Waals surface area (Å²) >= 11 is 0. The van der Waals surface area contributed by atoms with Gasteiger partial charge in [0.1, 0.15) is 6.61 Å². The van der Waals surface area contributed by atoms with Crippen molar-refractivity contribution < 1.29 is 9.53 Å². The molecule has 0 radical (unpaired) electrons. The lowest BCUT2D eigenvalue weighted by Crippen LogP contribution is -2.53. The van der Waals surface area contributed by atoms with E-state index in [0.29, 0.717) is 0 Å². The van der Waals surface area contributed by atoms with E-state index < -0.39 is 0 Å². The summed E-state index contributed by atoms with van der Waals surface area (Å²) in [5.74, 6) is 0.0935. The third kappa shape index (κ3) is 1.48. The van der Waals surface area contributed by atoms with E-state index in [1.54, 1.807) is 0 Å². The number of nitrogens with zero attached hydrogens (tertiary/aromatic N) is 1. The Morgan fingerprint density at radius 1 is 1.62 bits per heavy atom. The van der Waals surface area contributed by atoms with Crippen molar-refractivity contribution in [3.8, 4) is 0 Å². The molecule has 1 aliphatic heterocycles. The first-order valence-electron chi connectivity index (χ1n) is 4.72. The summed E-state index contributed by atoms with van der Waals surface area (Å²) in [5, 5.41) is 0. The highest BCUT2D eigenvalue weighted by Gasteiger charge is 2.36. The van der Waals surface area contributed by atoms with Crippen LogP contribution in [-0.2, 0) is 9.53 Å². The van der Waals surface area contributed by atoms with E-state index in [4.69, 9.17) is 4.74 Å². The molecule has 1 amide bonds. The Balaban J connectivity index is 2.12. The molecule has 2 aliphatic rings. The molecule has 1 saturated carbocycles. The summed E-state index contributed by atoms with van der Waals surface area (Å²) in [5.41, 5.74) is 1.24. The molecule has 2 unspecified atom stereocenters. The van der Waals surface area contributed by atoms with Gasteiger partial charge in [-0.05, 0) is 19.3 Å². The van der Waals surface area contributed by atoms with Gasteiger partial charge in [0.2, 0.25) is 5.91 Å². The number of carbonyl (C=O) groups excluding carboxylic acids is 1. The molecule has 0 spiro atoms. The smallest absolute Gasteiger partial charge is 0.248 e. The van der Waals surface area contributed by atoms with Crippen molar-refractivity contribution in [1.29, 1.82) is 0 Å². The normalized spacial score (nSPS) is 34.7. The topological polar surface area (TPSA) is 29.5 Å². The zero-order valence-corrected chi connectivity index (χ0v) is 7.95. The lowest BCUT2D eigenvalue weighted by molar-refractivity contribution is -0.156. The number of morpholine rings is 1.